The van der Waals surface area contributed by atoms with E-state index in [1.807, 2.05) is 0 Å². The van der Waals surface area contributed by atoms with Gasteiger partial charge in [-0.15, -0.1) is 5.10 Å². The molecule has 4 aromatic rings. The lowest BCUT2D eigenvalue weighted by molar-refractivity contribution is -0.173. The van der Waals surface area contributed by atoms with E-state index < -0.39 is 42.0 Å². The van der Waals surface area contributed by atoms with Gasteiger partial charge < -0.3 is 15.4 Å². The van der Waals surface area contributed by atoms with Gasteiger partial charge in [0.2, 0.25) is 0 Å². The summed E-state index contributed by atoms with van der Waals surface area (Å²) in [5, 5.41) is 8.28. The smallest absolute Gasteiger partial charge is 0.471 e. The number of anilines is 1. The fourth-order valence-corrected chi connectivity index (χ4v) is 4.12. The monoisotopic (exact) mass is 613 g/mol. The number of benzene rings is 3. The van der Waals surface area contributed by atoms with Crippen molar-refractivity contribution in [2.75, 3.05) is 12.4 Å². The zero-order valence-electron chi connectivity index (χ0n) is 21.2. The molecule has 0 aliphatic rings. The van der Waals surface area contributed by atoms with Crippen LogP contribution in [0.5, 0.6) is 5.75 Å². The molecule has 0 saturated heterocycles. The molecule has 0 saturated carbocycles. The molecule has 1 heterocycles. The predicted octanol–water partition coefficient (Wildman–Crippen LogP) is 5.34. The van der Waals surface area contributed by atoms with Crippen LogP contribution in [0.25, 0.3) is 17.1 Å². The summed E-state index contributed by atoms with van der Waals surface area (Å²) in [6.45, 7) is -0.577. The van der Waals surface area contributed by atoms with E-state index >= 15 is 0 Å². The molecule has 16 heteroatoms. The number of aromatic amines is 1. The quantitative estimate of drug-likeness (QED) is 0.243. The van der Waals surface area contributed by atoms with Gasteiger partial charge in [0.15, 0.2) is 5.82 Å². The predicted molar refractivity (Wildman–Crippen MR) is 138 cm³/mol. The first-order valence-electron chi connectivity index (χ1n) is 11.7. The molecule has 2 amide bonds. The van der Waals surface area contributed by atoms with Crippen LogP contribution in [0.3, 0.4) is 0 Å². The Morgan fingerprint density at radius 2 is 1.74 bits per heavy atom. The number of hydrogen-bond donors (Lipinski definition) is 3. The van der Waals surface area contributed by atoms with Crippen LogP contribution < -0.4 is 21.1 Å². The highest BCUT2D eigenvalue weighted by molar-refractivity contribution is 6.33. The summed E-state index contributed by atoms with van der Waals surface area (Å²) in [6.07, 6.45) is -9.72. The number of hydrogen-bond acceptors (Lipinski definition) is 5. The fraction of sp³-hybridized carbons (Fsp3) is 0.154. The number of rotatable bonds is 7. The number of amides is 2. The van der Waals surface area contributed by atoms with Crippen LogP contribution in [0, 0.1) is 0 Å². The van der Waals surface area contributed by atoms with Gasteiger partial charge >= 0.3 is 23.9 Å². The topological polar surface area (TPSA) is 118 Å². The van der Waals surface area contributed by atoms with Crippen molar-refractivity contribution < 1.29 is 40.7 Å². The number of halogens is 7. The van der Waals surface area contributed by atoms with Crippen molar-refractivity contribution in [1.29, 1.82) is 0 Å². The lowest BCUT2D eigenvalue weighted by atomic mass is 10.1. The molecule has 0 atom stereocenters. The Balaban J connectivity index is 1.63. The van der Waals surface area contributed by atoms with Crippen molar-refractivity contribution in [3.63, 3.8) is 0 Å². The Hall–Kier alpha value is -4.79. The fourth-order valence-electron chi connectivity index (χ4n) is 3.84. The van der Waals surface area contributed by atoms with E-state index in [2.05, 4.69) is 15.4 Å². The van der Waals surface area contributed by atoms with E-state index in [1.54, 1.807) is 5.32 Å². The van der Waals surface area contributed by atoms with Gasteiger partial charge in [0.1, 0.15) is 5.75 Å². The second-order valence-electron chi connectivity index (χ2n) is 8.56. The van der Waals surface area contributed by atoms with Gasteiger partial charge in [-0.3, -0.25) is 14.6 Å². The third-order valence-corrected chi connectivity index (χ3v) is 6.09. The number of carbonyl (C=O) groups excluding carboxylic acids is 2. The van der Waals surface area contributed by atoms with Crippen LogP contribution in [0.2, 0.25) is 5.02 Å². The molecule has 0 bridgehead atoms. The van der Waals surface area contributed by atoms with E-state index in [0.29, 0.717) is 0 Å². The zero-order chi connectivity index (χ0) is 30.8. The Bertz CT molecular complexity index is 1710. The van der Waals surface area contributed by atoms with Crippen LogP contribution in [-0.2, 0) is 17.5 Å². The largest absolute Gasteiger partial charge is 0.496 e. The molecule has 0 aliphatic carbocycles. The van der Waals surface area contributed by atoms with E-state index in [9.17, 15) is 40.7 Å². The van der Waals surface area contributed by atoms with Crippen molar-refractivity contribution in [3.05, 3.63) is 92.9 Å². The lowest BCUT2D eigenvalue weighted by Gasteiger charge is -2.13. The van der Waals surface area contributed by atoms with Gasteiger partial charge in [0.25, 0.3) is 5.91 Å². The highest BCUT2D eigenvalue weighted by Gasteiger charge is 2.38. The SMILES string of the molecule is COc1cc(-n2nc(-c3c(Cl)cccc3CNC(=O)C(F)(F)F)[nH]c2=O)ccc1C(=O)Nc1cccc(C(F)(F)F)c1. The van der Waals surface area contributed by atoms with Gasteiger partial charge in [-0.2, -0.15) is 31.0 Å². The molecular formula is C26H18ClF6N5O4. The first kappa shape index (κ1) is 30.2. The average molecular weight is 614 g/mol. The lowest BCUT2D eigenvalue weighted by Crippen LogP contribution is -2.36. The molecule has 4 rings (SSSR count). The van der Waals surface area contributed by atoms with Crippen LogP contribution in [0.15, 0.2) is 65.5 Å². The number of carbonyl (C=O) groups is 2. The third kappa shape index (κ3) is 6.57. The number of nitrogens with one attached hydrogen (secondary N) is 3. The van der Waals surface area contributed by atoms with Crippen molar-refractivity contribution in [2.24, 2.45) is 0 Å². The summed E-state index contributed by atoms with van der Waals surface area (Å²) in [5.41, 5.74) is -1.66. The van der Waals surface area contributed by atoms with Crippen molar-refractivity contribution >= 4 is 29.1 Å². The Morgan fingerprint density at radius 3 is 2.40 bits per heavy atom. The molecule has 0 unspecified atom stereocenters. The number of alkyl halides is 6. The molecule has 0 spiro atoms. The van der Waals surface area contributed by atoms with Crippen molar-refractivity contribution in [3.8, 4) is 22.8 Å². The van der Waals surface area contributed by atoms with E-state index in [-0.39, 0.29) is 44.7 Å². The highest BCUT2D eigenvalue weighted by Crippen LogP contribution is 2.32. The maximum Gasteiger partial charge on any atom is 0.471 e. The normalized spacial score (nSPS) is 11.7. The number of ether oxygens (including phenoxy) is 1. The summed E-state index contributed by atoms with van der Waals surface area (Å²) in [5.74, 6) is -3.15. The number of aromatic nitrogens is 3. The average Bonchev–Trinajstić information content (AvgIpc) is 3.31. The molecule has 1 aromatic heterocycles. The second kappa shape index (κ2) is 11.6. The van der Waals surface area contributed by atoms with Crippen LogP contribution in [0.4, 0.5) is 32.0 Å². The van der Waals surface area contributed by atoms with Gasteiger partial charge in [-0.25, -0.2) is 4.79 Å². The molecule has 0 aliphatic heterocycles. The van der Waals surface area contributed by atoms with E-state index in [1.165, 1.54) is 49.6 Å². The highest BCUT2D eigenvalue weighted by atomic mass is 35.5. The van der Waals surface area contributed by atoms with Gasteiger partial charge in [0.05, 0.1) is 28.9 Å². The minimum Gasteiger partial charge on any atom is -0.496 e. The van der Waals surface area contributed by atoms with Gasteiger partial charge in [0, 0.05) is 23.9 Å². The number of H-pyrrole nitrogens is 1. The molecule has 3 N–H and O–H groups in total. The standard InChI is InChI=1S/C26H18ClF6N5O4/c1-42-19-11-16(8-9-17(19)22(39)35-15-6-3-5-14(10-15)25(28,29)30)38-24(41)36-21(37-38)20-13(4-2-7-18(20)27)12-34-23(40)26(31,32)33/h2-11H,12H2,1H3,(H,34,40)(H,35,39)(H,36,37,41). The van der Waals surface area contributed by atoms with Gasteiger partial charge in [-0.05, 0) is 42.0 Å². The minimum absolute atomic E-state index is 0.0221. The van der Waals surface area contributed by atoms with E-state index in [0.717, 1.165) is 22.9 Å². The Labute approximate surface area is 237 Å². The zero-order valence-corrected chi connectivity index (χ0v) is 21.9. The summed E-state index contributed by atoms with van der Waals surface area (Å²) >= 11 is 6.25. The number of nitrogens with zero attached hydrogens (tertiary/aromatic N) is 2. The van der Waals surface area contributed by atoms with Gasteiger partial charge in [-0.1, -0.05) is 29.8 Å². The summed E-state index contributed by atoms with van der Waals surface area (Å²) in [7, 11) is 1.23. The van der Waals surface area contributed by atoms with Crippen molar-refractivity contribution in [2.45, 2.75) is 18.9 Å². The molecule has 9 nitrogen and oxygen atoms in total. The van der Waals surface area contributed by atoms with E-state index in [4.69, 9.17) is 16.3 Å². The number of methoxy groups -OCH3 is 1. The maximum absolute atomic E-state index is 13.0. The third-order valence-electron chi connectivity index (χ3n) is 5.77. The molecule has 0 radical (unpaired) electrons. The molecular weight excluding hydrogens is 596 g/mol. The summed E-state index contributed by atoms with van der Waals surface area (Å²) in [6, 6.07) is 12.1. The molecule has 42 heavy (non-hydrogen) atoms. The first-order valence-corrected chi connectivity index (χ1v) is 12.1. The summed E-state index contributed by atoms with van der Waals surface area (Å²) < 4.78 is 83.1. The van der Waals surface area contributed by atoms with Crippen molar-refractivity contribution in [1.82, 2.24) is 20.1 Å². The first-order chi connectivity index (χ1) is 19.7. The Morgan fingerprint density at radius 1 is 1.02 bits per heavy atom. The second-order valence-corrected chi connectivity index (χ2v) is 8.97. The van der Waals surface area contributed by atoms with Crippen LogP contribution in [-0.4, -0.2) is 39.9 Å². The molecule has 220 valence electrons. The van der Waals surface area contributed by atoms with Crippen LogP contribution >= 0.6 is 11.6 Å². The summed E-state index contributed by atoms with van der Waals surface area (Å²) in [4.78, 5) is 39.3. The Kier molecular flexibility index (Phi) is 8.33. The maximum atomic E-state index is 13.0. The minimum atomic E-state index is -5.11. The molecule has 0 fully saturated rings. The van der Waals surface area contributed by atoms with Crippen LogP contribution in [0.1, 0.15) is 21.5 Å². The molecule has 3 aromatic carbocycles.